The zero-order chi connectivity index (χ0) is 31.7. The number of ether oxygens (including phenoxy) is 3. The van der Waals surface area contributed by atoms with E-state index in [1.54, 1.807) is 7.11 Å². The summed E-state index contributed by atoms with van der Waals surface area (Å²) in [5, 5.41) is 0. The number of fused-ring (bicyclic) bond motifs is 3. The highest BCUT2D eigenvalue weighted by molar-refractivity contribution is 5.52. The number of hydrogen-bond acceptors (Lipinski definition) is 3. The minimum absolute atomic E-state index is 0.514. The summed E-state index contributed by atoms with van der Waals surface area (Å²) >= 11 is 0. The second-order valence-electron chi connectivity index (χ2n) is 13.8. The van der Waals surface area contributed by atoms with Crippen molar-refractivity contribution in [2.24, 2.45) is 5.92 Å². The van der Waals surface area contributed by atoms with Gasteiger partial charge in [0.25, 0.3) is 0 Å². The molecular formula is C42H50O3. The standard InChI is InChI=1S/C42H50O3/c1-26-19-28(3)41(29(4)20-26)44-35-16-14-32(15-17-35)38-24-34-23-33(11-10-18-43-7)40(25-39(34)37-13-9-8-12-36(37)38)45-42-30(5)21-27(2)22-31(42)6/h14-17,19-23,25,36-38H,8-13,18,24H2,1-7H3/t36-,37+,38-/m0/s1. The molecule has 0 unspecified atom stereocenters. The zero-order valence-corrected chi connectivity index (χ0v) is 28.4. The van der Waals surface area contributed by atoms with E-state index in [0.717, 1.165) is 48.9 Å². The summed E-state index contributed by atoms with van der Waals surface area (Å²) < 4.78 is 18.7. The molecule has 4 aromatic rings. The van der Waals surface area contributed by atoms with Gasteiger partial charge in [-0.05, 0) is 154 Å². The van der Waals surface area contributed by atoms with Crippen molar-refractivity contribution >= 4 is 0 Å². The van der Waals surface area contributed by atoms with Gasteiger partial charge >= 0.3 is 0 Å². The molecule has 45 heavy (non-hydrogen) atoms. The molecule has 236 valence electrons. The third kappa shape index (κ3) is 6.70. The van der Waals surface area contributed by atoms with Crippen LogP contribution in [-0.2, 0) is 17.6 Å². The van der Waals surface area contributed by atoms with Crippen LogP contribution in [0.5, 0.6) is 23.0 Å². The molecule has 4 aromatic carbocycles. The fourth-order valence-corrected chi connectivity index (χ4v) is 8.36. The molecule has 0 aromatic heterocycles. The third-order valence-electron chi connectivity index (χ3n) is 10.2. The largest absolute Gasteiger partial charge is 0.457 e. The van der Waals surface area contributed by atoms with Crippen molar-refractivity contribution in [3.8, 4) is 23.0 Å². The van der Waals surface area contributed by atoms with Gasteiger partial charge in [0, 0.05) is 13.7 Å². The maximum absolute atomic E-state index is 6.84. The van der Waals surface area contributed by atoms with Crippen molar-refractivity contribution in [3.05, 3.63) is 116 Å². The van der Waals surface area contributed by atoms with Gasteiger partial charge in [-0.1, -0.05) is 66.4 Å². The summed E-state index contributed by atoms with van der Waals surface area (Å²) in [6, 6.07) is 22.8. The Morgan fingerprint density at radius 1 is 0.667 bits per heavy atom. The monoisotopic (exact) mass is 602 g/mol. The zero-order valence-electron chi connectivity index (χ0n) is 28.4. The number of benzene rings is 4. The maximum Gasteiger partial charge on any atom is 0.133 e. The molecule has 2 aliphatic carbocycles. The van der Waals surface area contributed by atoms with Gasteiger partial charge in [-0.2, -0.15) is 0 Å². The Morgan fingerprint density at radius 2 is 1.27 bits per heavy atom. The number of hydrogen-bond donors (Lipinski definition) is 0. The summed E-state index contributed by atoms with van der Waals surface area (Å²) in [4.78, 5) is 0. The summed E-state index contributed by atoms with van der Waals surface area (Å²) in [5.74, 6) is 5.65. The van der Waals surface area contributed by atoms with Gasteiger partial charge in [-0.3, -0.25) is 0 Å². The molecular weight excluding hydrogens is 552 g/mol. The van der Waals surface area contributed by atoms with Crippen LogP contribution in [0.4, 0.5) is 0 Å². The van der Waals surface area contributed by atoms with Gasteiger partial charge in [0.2, 0.25) is 0 Å². The van der Waals surface area contributed by atoms with Gasteiger partial charge in [-0.25, -0.2) is 0 Å². The lowest BCUT2D eigenvalue weighted by molar-refractivity contribution is 0.195. The fraction of sp³-hybridized carbons (Fsp3) is 0.429. The van der Waals surface area contributed by atoms with Crippen molar-refractivity contribution < 1.29 is 14.2 Å². The minimum Gasteiger partial charge on any atom is -0.457 e. The van der Waals surface area contributed by atoms with E-state index in [2.05, 4.69) is 102 Å². The first kappa shape index (κ1) is 31.4. The van der Waals surface area contributed by atoms with Crippen LogP contribution in [0.1, 0.15) is 99.6 Å². The van der Waals surface area contributed by atoms with Crippen LogP contribution in [0.2, 0.25) is 0 Å². The maximum atomic E-state index is 6.84. The smallest absolute Gasteiger partial charge is 0.133 e. The van der Waals surface area contributed by atoms with Crippen molar-refractivity contribution in [1.82, 2.24) is 0 Å². The summed E-state index contributed by atoms with van der Waals surface area (Å²) in [7, 11) is 1.79. The molecule has 1 fully saturated rings. The normalized spacial score (nSPS) is 19.1. The van der Waals surface area contributed by atoms with Crippen LogP contribution in [0, 0.1) is 47.5 Å². The highest BCUT2D eigenvalue weighted by Gasteiger charge is 2.39. The molecule has 0 heterocycles. The van der Waals surface area contributed by atoms with E-state index >= 15 is 0 Å². The van der Waals surface area contributed by atoms with Crippen LogP contribution in [-0.4, -0.2) is 13.7 Å². The van der Waals surface area contributed by atoms with Crippen molar-refractivity contribution in [2.45, 2.75) is 98.3 Å². The molecule has 2 aliphatic rings. The third-order valence-corrected chi connectivity index (χ3v) is 10.2. The van der Waals surface area contributed by atoms with Crippen LogP contribution >= 0.6 is 0 Å². The second-order valence-corrected chi connectivity index (χ2v) is 13.8. The van der Waals surface area contributed by atoms with E-state index in [0.29, 0.717) is 17.8 Å². The molecule has 0 aliphatic heterocycles. The van der Waals surface area contributed by atoms with Crippen molar-refractivity contribution in [1.29, 1.82) is 0 Å². The quantitative estimate of drug-likeness (QED) is 0.178. The molecule has 0 saturated heterocycles. The number of methoxy groups -OCH3 is 1. The Balaban J connectivity index is 1.32. The predicted octanol–water partition coefficient (Wildman–Crippen LogP) is 11.3. The lowest BCUT2D eigenvalue weighted by Gasteiger charge is -2.43. The van der Waals surface area contributed by atoms with E-state index in [4.69, 9.17) is 14.2 Å². The molecule has 6 rings (SSSR count). The molecule has 0 spiro atoms. The average Bonchev–Trinajstić information content (AvgIpc) is 3.01. The topological polar surface area (TPSA) is 27.7 Å². The van der Waals surface area contributed by atoms with Gasteiger partial charge in [0.15, 0.2) is 0 Å². The van der Waals surface area contributed by atoms with Crippen LogP contribution < -0.4 is 9.47 Å². The lowest BCUT2D eigenvalue weighted by atomic mass is 9.61. The molecule has 3 atom stereocenters. The second kappa shape index (κ2) is 13.4. The van der Waals surface area contributed by atoms with E-state index in [9.17, 15) is 0 Å². The molecule has 0 amide bonds. The average molecular weight is 603 g/mol. The van der Waals surface area contributed by atoms with Gasteiger partial charge < -0.3 is 14.2 Å². The molecule has 1 saturated carbocycles. The lowest BCUT2D eigenvalue weighted by Crippen LogP contribution is -2.31. The fourth-order valence-electron chi connectivity index (χ4n) is 8.36. The molecule has 3 nitrogen and oxygen atoms in total. The SMILES string of the molecule is COCCCc1cc2c(cc1Oc1c(C)cc(C)cc1C)[C@@H]1CCCC[C@@H]1[C@H](c1ccc(Oc3c(C)cc(C)cc3C)cc1)C2. The Labute approximate surface area is 271 Å². The van der Waals surface area contributed by atoms with Crippen molar-refractivity contribution in [2.75, 3.05) is 13.7 Å². The molecule has 0 bridgehead atoms. The van der Waals surface area contributed by atoms with Crippen LogP contribution in [0.15, 0.2) is 60.7 Å². The molecule has 0 N–H and O–H groups in total. The van der Waals surface area contributed by atoms with Crippen LogP contribution in [0.25, 0.3) is 0 Å². The van der Waals surface area contributed by atoms with E-state index in [1.807, 2.05) is 0 Å². The number of rotatable bonds is 9. The summed E-state index contributed by atoms with van der Waals surface area (Å²) in [6.45, 7) is 13.7. The Bertz CT molecular complexity index is 1620. The molecule has 0 radical (unpaired) electrons. The molecule has 3 heteroatoms. The summed E-state index contributed by atoms with van der Waals surface area (Å²) in [6.07, 6.45) is 8.17. The van der Waals surface area contributed by atoms with E-state index in [-0.39, 0.29) is 0 Å². The Hall–Kier alpha value is -3.56. The number of aryl methyl sites for hydroxylation is 7. The highest BCUT2D eigenvalue weighted by atomic mass is 16.5. The first-order valence-corrected chi connectivity index (χ1v) is 17.0. The predicted molar refractivity (Wildman–Crippen MR) is 186 cm³/mol. The van der Waals surface area contributed by atoms with Gasteiger partial charge in [-0.15, -0.1) is 0 Å². The Morgan fingerprint density at radius 3 is 1.89 bits per heavy atom. The van der Waals surface area contributed by atoms with Gasteiger partial charge in [0.1, 0.15) is 23.0 Å². The van der Waals surface area contributed by atoms with Gasteiger partial charge in [0.05, 0.1) is 0 Å². The van der Waals surface area contributed by atoms with Crippen molar-refractivity contribution in [3.63, 3.8) is 0 Å². The summed E-state index contributed by atoms with van der Waals surface area (Å²) in [5.41, 5.74) is 13.1. The van der Waals surface area contributed by atoms with E-state index < -0.39 is 0 Å². The first-order chi connectivity index (χ1) is 21.7. The first-order valence-electron chi connectivity index (χ1n) is 17.0. The highest BCUT2D eigenvalue weighted by Crippen LogP contribution is 2.53. The minimum atomic E-state index is 0.514. The van der Waals surface area contributed by atoms with E-state index in [1.165, 1.54) is 81.3 Å². The van der Waals surface area contributed by atoms with Crippen LogP contribution in [0.3, 0.4) is 0 Å². The Kier molecular flexibility index (Phi) is 9.38.